The van der Waals surface area contributed by atoms with Crippen molar-refractivity contribution < 1.29 is 19.4 Å². The number of carbonyl (C=O) groups is 2. The molecule has 0 spiro atoms. The Hall–Kier alpha value is -1.10. The first-order valence-electron chi connectivity index (χ1n) is 6.29. The SMILES string of the molecule is O=C(O)[C@H]1CCN(C(=O)C[C@@H]2CCCCO2)C1. The van der Waals surface area contributed by atoms with Crippen LogP contribution >= 0.6 is 0 Å². The van der Waals surface area contributed by atoms with Gasteiger partial charge in [-0.1, -0.05) is 0 Å². The Morgan fingerprint density at radius 3 is 2.71 bits per heavy atom. The Labute approximate surface area is 101 Å². The van der Waals surface area contributed by atoms with E-state index in [1.807, 2.05) is 0 Å². The molecule has 0 bridgehead atoms. The van der Waals surface area contributed by atoms with E-state index in [1.54, 1.807) is 4.90 Å². The second-order valence-electron chi connectivity index (χ2n) is 4.86. The fourth-order valence-corrected chi connectivity index (χ4v) is 2.48. The second kappa shape index (κ2) is 5.49. The molecule has 0 aromatic carbocycles. The van der Waals surface area contributed by atoms with Gasteiger partial charge in [-0.3, -0.25) is 9.59 Å². The normalized spacial score (nSPS) is 29.3. The van der Waals surface area contributed by atoms with Gasteiger partial charge < -0.3 is 14.7 Å². The van der Waals surface area contributed by atoms with Gasteiger partial charge >= 0.3 is 5.97 Å². The molecular weight excluding hydrogens is 222 g/mol. The standard InChI is InChI=1S/C12H19NO4/c14-11(7-10-3-1-2-6-17-10)13-5-4-9(8-13)12(15)16/h9-10H,1-8H2,(H,15,16)/t9-,10-/m0/s1. The zero-order valence-electron chi connectivity index (χ0n) is 9.93. The molecule has 17 heavy (non-hydrogen) atoms. The highest BCUT2D eigenvalue weighted by Crippen LogP contribution is 2.20. The molecule has 1 amide bonds. The van der Waals surface area contributed by atoms with Gasteiger partial charge in [0.05, 0.1) is 18.4 Å². The molecule has 2 rings (SSSR count). The lowest BCUT2D eigenvalue weighted by Gasteiger charge is -2.24. The molecule has 2 atom stereocenters. The van der Waals surface area contributed by atoms with Crippen LogP contribution in [0.4, 0.5) is 0 Å². The van der Waals surface area contributed by atoms with Gasteiger partial charge in [0.1, 0.15) is 0 Å². The zero-order valence-corrected chi connectivity index (χ0v) is 9.93. The third kappa shape index (κ3) is 3.19. The van der Waals surface area contributed by atoms with Crippen molar-refractivity contribution in [2.45, 2.75) is 38.2 Å². The molecule has 5 heteroatoms. The molecule has 5 nitrogen and oxygen atoms in total. The predicted molar refractivity (Wildman–Crippen MR) is 60.5 cm³/mol. The van der Waals surface area contributed by atoms with E-state index >= 15 is 0 Å². The fourth-order valence-electron chi connectivity index (χ4n) is 2.48. The Morgan fingerprint density at radius 2 is 2.12 bits per heavy atom. The summed E-state index contributed by atoms with van der Waals surface area (Å²) in [5, 5.41) is 8.87. The molecule has 0 radical (unpaired) electrons. The molecule has 2 aliphatic rings. The molecule has 0 saturated carbocycles. The molecule has 2 saturated heterocycles. The summed E-state index contributed by atoms with van der Waals surface area (Å²) in [5.41, 5.74) is 0. The largest absolute Gasteiger partial charge is 0.481 e. The Bertz CT molecular complexity index is 299. The van der Waals surface area contributed by atoms with Crippen LogP contribution in [-0.2, 0) is 14.3 Å². The number of nitrogens with zero attached hydrogens (tertiary/aromatic N) is 1. The molecule has 2 fully saturated rings. The number of carboxylic acids is 1. The van der Waals surface area contributed by atoms with Crippen LogP contribution in [0.5, 0.6) is 0 Å². The van der Waals surface area contributed by atoms with Gasteiger partial charge in [-0.05, 0) is 25.7 Å². The van der Waals surface area contributed by atoms with Crippen LogP contribution in [0, 0.1) is 5.92 Å². The van der Waals surface area contributed by atoms with Crippen molar-refractivity contribution in [3.63, 3.8) is 0 Å². The third-order valence-electron chi connectivity index (χ3n) is 3.57. The van der Waals surface area contributed by atoms with Crippen LogP contribution in [0.1, 0.15) is 32.1 Å². The van der Waals surface area contributed by atoms with Crippen LogP contribution < -0.4 is 0 Å². The molecule has 0 unspecified atom stereocenters. The summed E-state index contributed by atoms with van der Waals surface area (Å²) in [6.45, 7) is 1.68. The lowest BCUT2D eigenvalue weighted by atomic mass is 10.1. The summed E-state index contributed by atoms with van der Waals surface area (Å²) in [5.74, 6) is -1.14. The predicted octanol–water partition coefficient (Wildman–Crippen LogP) is 0.879. The summed E-state index contributed by atoms with van der Waals surface area (Å²) in [6.07, 6.45) is 4.17. The van der Waals surface area contributed by atoms with E-state index in [-0.39, 0.29) is 17.9 Å². The Kier molecular flexibility index (Phi) is 3.99. The topological polar surface area (TPSA) is 66.8 Å². The number of ether oxygens (including phenoxy) is 1. The van der Waals surface area contributed by atoms with Crippen LogP contribution in [0.3, 0.4) is 0 Å². The maximum atomic E-state index is 11.9. The minimum Gasteiger partial charge on any atom is -0.481 e. The van der Waals surface area contributed by atoms with Crippen molar-refractivity contribution in [3.8, 4) is 0 Å². The molecule has 2 aliphatic heterocycles. The van der Waals surface area contributed by atoms with Crippen molar-refractivity contribution in [3.05, 3.63) is 0 Å². The number of rotatable bonds is 3. The number of carboxylic acid groups (broad SMARTS) is 1. The number of carbonyl (C=O) groups excluding carboxylic acids is 1. The number of likely N-dealkylation sites (tertiary alicyclic amines) is 1. The lowest BCUT2D eigenvalue weighted by molar-refractivity contribution is -0.141. The van der Waals surface area contributed by atoms with Gasteiger partial charge in [0.2, 0.25) is 5.91 Å². The van der Waals surface area contributed by atoms with E-state index in [0.717, 1.165) is 25.9 Å². The highest BCUT2D eigenvalue weighted by atomic mass is 16.5. The van der Waals surface area contributed by atoms with Gasteiger partial charge in [-0.15, -0.1) is 0 Å². The third-order valence-corrected chi connectivity index (χ3v) is 3.57. The molecule has 0 aliphatic carbocycles. The van der Waals surface area contributed by atoms with Crippen LogP contribution in [0.15, 0.2) is 0 Å². The maximum absolute atomic E-state index is 11.9. The monoisotopic (exact) mass is 241 g/mol. The average Bonchev–Trinajstić information content (AvgIpc) is 2.79. The average molecular weight is 241 g/mol. The van der Waals surface area contributed by atoms with Gasteiger partial charge in [0, 0.05) is 19.7 Å². The maximum Gasteiger partial charge on any atom is 0.308 e. The van der Waals surface area contributed by atoms with E-state index in [2.05, 4.69) is 0 Å². The minimum absolute atomic E-state index is 0.0418. The highest BCUT2D eigenvalue weighted by molar-refractivity contribution is 5.79. The van der Waals surface area contributed by atoms with Crippen molar-refractivity contribution in [1.29, 1.82) is 0 Å². The Morgan fingerprint density at radius 1 is 1.29 bits per heavy atom. The number of hydrogen-bond acceptors (Lipinski definition) is 3. The van der Waals surface area contributed by atoms with E-state index in [9.17, 15) is 9.59 Å². The van der Waals surface area contributed by atoms with E-state index in [0.29, 0.717) is 25.9 Å². The van der Waals surface area contributed by atoms with Crippen LogP contribution in [-0.4, -0.2) is 47.7 Å². The number of aliphatic carboxylic acids is 1. The van der Waals surface area contributed by atoms with E-state index in [4.69, 9.17) is 9.84 Å². The smallest absolute Gasteiger partial charge is 0.308 e. The van der Waals surface area contributed by atoms with Gasteiger partial charge in [0.25, 0.3) is 0 Å². The lowest BCUT2D eigenvalue weighted by Crippen LogP contribution is -2.34. The van der Waals surface area contributed by atoms with Crippen molar-refractivity contribution in [2.24, 2.45) is 5.92 Å². The highest BCUT2D eigenvalue weighted by Gasteiger charge is 2.31. The van der Waals surface area contributed by atoms with E-state index in [1.165, 1.54) is 0 Å². The first-order chi connectivity index (χ1) is 8.16. The zero-order chi connectivity index (χ0) is 12.3. The van der Waals surface area contributed by atoms with E-state index < -0.39 is 5.97 Å². The molecule has 2 heterocycles. The van der Waals surface area contributed by atoms with Gasteiger partial charge in [0.15, 0.2) is 0 Å². The van der Waals surface area contributed by atoms with Gasteiger partial charge in [-0.2, -0.15) is 0 Å². The second-order valence-corrected chi connectivity index (χ2v) is 4.86. The van der Waals surface area contributed by atoms with Crippen molar-refractivity contribution in [1.82, 2.24) is 4.90 Å². The van der Waals surface area contributed by atoms with Crippen LogP contribution in [0.2, 0.25) is 0 Å². The Balaban J connectivity index is 1.78. The summed E-state index contributed by atoms with van der Waals surface area (Å²) in [4.78, 5) is 24.4. The quantitative estimate of drug-likeness (QED) is 0.796. The molecule has 1 N–H and O–H groups in total. The van der Waals surface area contributed by atoms with Crippen LogP contribution in [0.25, 0.3) is 0 Å². The van der Waals surface area contributed by atoms with Gasteiger partial charge in [-0.25, -0.2) is 0 Å². The first kappa shape index (κ1) is 12.4. The van der Waals surface area contributed by atoms with Crippen molar-refractivity contribution >= 4 is 11.9 Å². The molecular formula is C12H19NO4. The summed E-state index contributed by atoms with van der Waals surface area (Å²) in [6, 6.07) is 0. The summed E-state index contributed by atoms with van der Waals surface area (Å²) < 4.78 is 5.52. The number of amides is 1. The molecule has 0 aromatic rings. The summed E-state index contributed by atoms with van der Waals surface area (Å²) in [7, 11) is 0. The fraction of sp³-hybridized carbons (Fsp3) is 0.833. The molecule has 0 aromatic heterocycles. The first-order valence-corrected chi connectivity index (χ1v) is 6.29. The summed E-state index contributed by atoms with van der Waals surface area (Å²) >= 11 is 0. The molecule has 96 valence electrons. The van der Waals surface area contributed by atoms with Crippen molar-refractivity contribution in [2.75, 3.05) is 19.7 Å². The number of hydrogen-bond donors (Lipinski definition) is 1. The minimum atomic E-state index is -0.797.